The minimum Gasteiger partial charge on any atom is -0.497 e. The lowest BCUT2D eigenvalue weighted by molar-refractivity contribution is -0.111. The van der Waals surface area contributed by atoms with Gasteiger partial charge < -0.3 is 15.0 Å². The highest BCUT2D eigenvalue weighted by Gasteiger charge is 2.25. The van der Waals surface area contributed by atoms with Crippen LogP contribution in [0.4, 0.5) is 10.1 Å². The van der Waals surface area contributed by atoms with E-state index in [1.54, 1.807) is 35.5 Å². The zero-order valence-corrected chi connectivity index (χ0v) is 21.5. The molecule has 0 unspecified atom stereocenters. The molecule has 0 atom stereocenters. The average molecular weight is 526 g/mol. The lowest BCUT2D eigenvalue weighted by Crippen LogP contribution is -2.37. The number of benzene rings is 2. The zero-order valence-electron chi connectivity index (χ0n) is 21.5. The normalized spacial score (nSPS) is 13.9. The van der Waals surface area contributed by atoms with Crippen molar-refractivity contribution in [2.45, 2.75) is 18.8 Å². The van der Waals surface area contributed by atoms with E-state index < -0.39 is 5.82 Å². The molecule has 0 saturated carbocycles. The van der Waals surface area contributed by atoms with E-state index in [1.165, 1.54) is 37.0 Å². The summed E-state index contributed by atoms with van der Waals surface area (Å²) in [6.07, 6.45) is 11.3. The molecule has 0 aliphatic carbocycles. The van der Waals surface area contributed by atoms with E-state index in [9.17, 15) is 14.0 Å². The van der Waals surface area contributed by atoms with Gasteiger partial charge in [0.2, 0.25) is 5.91 Å². The predicted molar refractivity (Wildman–Crippen MR) is 146 cm³/mol. The zero-order chi connectivity index (χ0) is 27.2. The minimum absolute atomic E-state index is 0.0219. The fourth-order valence-electron chi connectivity index (χ4n) is 4.66. The summed E-state index contributed by atoms with van der Waals surface area (Å²) >= 11 is 0. The number of hydrogen-bond donors (Lipinski definition) is 1. The quantitative estimate of drug-likeness (QED) is 0.340. The van der Waals surface area contributed by atoms with Crippen LogP contribution < -0.4 is 10.1 Å². The Balaban J connectivity index is 1.13. The molecule has 1 N–H and O–H groups in total. The molecule has 5 rings (SSSR count). The number of anilines is 1. The Morgan fingerprint density at radius 2 is 1.87 bits per heavy atom. The fourth-order valence-corrected chi connectivity index (χ4v) is 4.66. The Morgan fingerprint density at radius 1 is 1.08 bits per heavy atom. The van der Waals surface area contributed by atoms with Crippen LogP contribution in [-0.2, 0) is 4.79 Å². The van der Waals surface area contributed by atoms with Gasteiger partial charge in [-0.15, -0.1) is 0 Å². The van der Waals surface area contributed by atoms with Crippen LogP contribution in [0.15, 0.2) is 85.5 Å². The molecule has 39 heavy (non-hydrogen) atoms. The summed E-state index contributed by atoms with van der Waals surface area (Å²) in [4.78, 5) is 31.3. The monoisotopic (exact) mass is 525 g/mol. The van der Waals surface area contributed by atoms with Gasteiger partial charge in [0.15, 0.2) is 0 Å². The van der Waals surface area contributed by atoms with Crippen molar-refractivity contribution in [1.29, 1.82) is 0 Å². The van der Waals surface area contributed by atoms with Gasteiger partial charge in [0.1, 0.15) is 11.6 Å². The van der Waals surface area contributed by atoms with Crippen molar-refractivity contribution in [2.75, 3.05) is 25.5 Å². The van der Waals surface area contributed by atoms with E-state index in [2.05, 4.69) is 15.4 Å². The number of halogens is 1. The van der Waals surface area contributed by atoms with Crippen molar-refractivity contribution in [3.05, 3.63) is 108 Å². The molecule has 1 aliphatic heterocycles. The molecule has 1 aliphatic rings. The molecule has 2 aromatic heterocycles. The number of rotatable bonds is 7. The van der Waals surface area contributed by atoms with Crippen molar-refractivity contribution < 1.29 is 18.7 Å². The second-order valence-corrected chi connectivity index (χ2v) is 9.32. The van der Waals surface area contributed by atoms with Gasteiger partial charge in [-0.25, -0.2) is 9.07 Å². The smallest absolute Gasteiger partial charge is 0.257 e. The van der Waals surface area contributed by atoms with Crippen LogP contribution >= 0.6 is 0 Å². The van der Waals surface area contributed by atoms with Gasteiger partial charge in [-0.1, -0.05) is 12.1 Å². The van der Waals surface area contributed by atoms with Gasteiger partial charge in [0.05, 0.1) is 30.8 Å². The molecule has 8 nitrogen and oxygen atoms in total. The molecule has 0 radical (unpaired) electrons. The second-order valence-electron chi connectivity index (χ2n) is 9.32. The number of methoxy groups -OCH3 is 1. The maximum absolute atomic E-state index is 13.6. The van der Waals surface area contributed by atoms with Crippen LogP contribution in [0.5, 0.6) is 5.75 Å². The van der Waals surface area contributed by atoms with E-state index >= 15 is 0 Å². The summed E-state index contributed by atoms with van der Waals surface area (Å²) in [5.41, 5.74) is 3.74. The molecule has 3 heterocycles. The molecular formula is C30H28FN5O3. The minimum atomic E-state index is -0.433. The standard InChI is InChI=1S/C30H28FN5O3/c1-39-28-16-21(15-25(31)17-28)4-9-29(37)34-26-7-5-22(6-8-26)23-10-13-35(14-11-23)30(38)24-18-33-36(20-24)27-3-2-12-32-19-27/h2-9,12,15-20,23H,10-11,13-14H2,1H3,(H,34,37)/b9-4+. The van der Waals surface area contributed by atoms with Crippen molar-refractivity contribution in [2.24, 2.45) is 0 Å². The fraction of sp³-hybridized carbons (Fsp3) is 0.200. The number of hydrogen-bond acceptors (Lipinski definition) is 5. The molecule has 198 valence electrons. The maximum Gasteiger partial charge on any atom is 0.257 e. The third-order valence-corrected chi connectivity index (χ3v) is 6.73. The lowest BCUT2D eigenvalue weighted by atomic mass is 9.89. The largest absolute Gasteiger partial charge is 0.497 e. The van der Waals surface area contributed by atoms with Gasteiger partial charge in [-0.05, 0) is 72.4 Å². The molecule has 2 aromatic carbocycles. The number of carbonyl (C=O) groups excluding carboxylic acids is 2. The molecule has 1 fully saturated rings. The third-order valence-electron chi connectivity index (χ3n) is 6.73. The Bertz CT molecular complexity index is 1480. The van der Waals surface area contributed by atoms with Gasteiger partial charge in [-0.2, -0.15) is 5.10 Å². The van der Waals surface area contributed by atoms with E-state index in [1.807, 2.05) is 41.3 Å². The molecular weight excluding hydrogens is 497 g/mol. The number of pyridine rings is 1. The van der Waals surface area contributed by atoms with Crippen molar-refractivity contribution in [3.63, 3.8) is 0 Å². The number of amides is 2. The van der Waals surface area contributed by atoms with E-state index in [0.29, 0.717) is 41.6 Å². The maximum atomic E-state index is 13.6. The van der Waals surface area contributed by atoms with Crippen LogP contribution in [0.2, 0.25) is 0 Å². The number of nitrogens with one attached hydrogen (secondary N) is 1. The van der Waals surface area contributed by atoms with Crippen LogP contribution in [0.25, 0.3) is 11.8 Å². The van der Waals surface area contributed by atoms with E-state index in [0.717, 1.165) is 18.5 Å². The molecule has 0 spiro atoms. The number of likely N-dealkylation sites (tertiary alicyclic amines) is 1. The highest BCUT2D eigenvalue weighted by molar-refractivity contribution is 6.02. The Hall–Kier alpha value is -4.79. The molecule has 4 aromatic rings. The second kappa shape index (κ2) is 11.7. The first kappa shape index (κ1) is 25.8. The first-order valence-corrected chi connectivity index (χ1v) is 12.7. The van der Waals surface area contributed by atoms with Gasteiger partial charge in [0.25, 0.3) is 5.91 Å². The number of carbonyl (C=O) groups is 2. The van der Waals surface area contributed by atoms with Crippen LogP contribution in [0.3, 0.4) is 0 Å². The Labute approximate surface area is 225 Å². The summed E-state index contributed by atoms with van der Waals surface area (Å²) in [7, 11) is 1.46. The number of nitrogens with zero attached hydrogens (tertiary/aromatic N) is 4. The third kappa shape index (κ3) is 6.38. The molecule has 2 amide bonds. The Kier molecular flexibility index (Phi) is 7.77. The summed E-state index contributed by atoms with van der Waals surface area (Å²) in [5.74, 6) is -0.0502. The first-order valence-electron chi connectivity index (χ1n) is 12.7. The van der Waals surface area contributed by atoms with Crippen molar-refractivity contribution >= 4 is 23.6 Å². The van der Waals surface area contributed by atoms with E-state index in [4.69, 9.17) is 4.74 Å². The number of ether oxygens (including phenoxy) is 1. The summed E-state index contributed by atoms with van der Waals surface area (Å²) in [6.45, 7) is 1.32. The van der Waals surface area contributed by atoms with Crippen LogP contribution in [0.1, 0.15) is 40.2 Å². The predicted octanol–water partition coefficient (Wildman–Crippen LogP) is 5.09. The van der Waals surface area contributed by atoms with Gasteiger partial charge in [-0.3, -0.25) is 14.6 Å². The topological polar surface area (TPSA) is 89.4 Å². The van der Waals surface area contributed by atoms with Crippen molar-refractivity contribution in [1.82, 2.24) is 19.7 Å². The summed E-state index contributed by atoms with van der Waals surface area (Å²) in [5, 5.41) is 7.13. The van der Waals surface area contributed by atoms with Crippen LogP contribution in [-0.4, -0.2) is 51.7 Å². The first-order chi connectivity index (χ1) is 19.0. The lowest BCUT2D eigenvalue weighted by Gasteiger charge is -2.32. The summed E-state index contributed by atoms with van der Waals surface area (Å²) in [6, 6.07) is 15.7. The highest BCUT2D eigenvalue weighted by atomic mass is 19.1. The van der Waals surface area contributed by atoms with Gasteiger partial charge >= 0.3 is 0 Å². The molecule has 0 bridgehead atoms. The highest BCUT2D eigenvalue weighted by Crippen LogP contribution is 2.29. The molecule has 1 saturated heterocycles. The summed E-state index contributed by atoms with van der Waals surface area (Å²) < 4.78 is 20.3. The van der Waals surface area contributed by atoms with Crippen molar-refractivity contribution in [3.8, 4) is 11.4 Å². The SMILES string of the molecule is COc1cc(F)cc(/C=C/C(=O)Nc2ccc(C3CCN(C(=O)c4cnn(-c5cccnc5)c4)CC3)cc2)c1. The number of aromatic nitrogens is 3. The van der Waals surface area contributed by atoms with Crippen LogP contribution in [0, 0.1) is 5.82 Å². The molecule has 9 heteroatoms. The average Bonchev–Trinajstić information content (AvgIpc) is 3.47. The Morgan fingerprint density at radius 3 is 2.59 bits per heavy atom. The van der Waals surface area contributed by atoms with E-state index in [-0.39, 0.29) is 11.8 Å². The van der Waals surface area contributed by atoms with Gasteiger partial charge in [0, 0.05) is 43.3 Å². The number of piperidine rings is 1.